The fraction of sp³-hybridized carbons (Fsp3) is 0.182. The van der Waals surface area contributed by atoms with Crippen molar-refractivity contribution in [2.75, 3.05) is 0 Å². The second-order valence-electron chi connectivity index (χ2n) is 3.38. The number of aryl methyl sites for hydroxylation is 1. The van der Waals surface area contributed by atoms with Gasteiger partial charge in [0.05, 0.1) is 11.1 Å². The third-order valence-electron chi connectivity index (χ3n) is 2.19. The Hall–Kier alpha value is -2.37. The molecule has 6 nitrogen and oxygen atoms in total. The van der Waals surface area contributed by atoms with Crippen molar-refractivity contribution in [3.8, 4) is 0 Å². The van der Waals surface area contributed by atoms with Crippen molar-refractivity contribution in [1.82, 2.24) is 0 Å². The molecule has 1 aromatic rings. The fourth-order valence-electron chi connectivity index (χ4n) is 1.38. The van der Waals surface area contributed by atoms with Crippen LogP contribution in [0.5, 0.6) is 0 Å². The summed E-state index contributed by atoms with van der Waals surface area (Å²) in [6, 6.07) is 3.54. The van der Waals surface area contributed by atoms with E-state index in [1.54, 1.807) is 0 Å². The number of hydrogen-bond donors (Lipinski definition) is 3. The van der Waals surface area contributed by atoms with Crippen LogP contribution in [0.3, 0.4) is 0 Å². The van der Waals surface area contributed by atoms with Gasteiger partial charge in [-0.3, -0.25) is 4.79 Å². The van der Waals surface area contributed by atoms with E-state index in [1.807, 2.05) is 0 Å². The maximum atomic E-state index is 10.9. The molecule has 0 spiro atoms. The second-order valence-corrected chi connectivity index (χ2v) is 3.38. The molecule has 0 atom stereocenters. The summed E-state index contributed by atoms with van der Waals surface area (Å²) in [6.45, 7) is 0. The summed E-state index contributed by atoms with van der Waals surface area (Å²) in [5.74, 6) is -3.46. The SMILES string of the molecule is O=C(O)CCc1cc(C(=O)O)ccc1C(=O)O. The van der Waals surface area contributed by atoms with E-state index >= 15 is 0 Å². The maximum absolute atomic E-state index is 10.9. The summed E-state index contributed by atoms with van der Waals surface area (Å²) in [5, 5.41) is 26.1. The molecule has 0 fully saturated rings. The molecular weight excluding hydrogens is 228 g/mol. The quantitative estimate of drug-likeness (QED) is 0.708. The molecule has 0 heterocycles. The fourth-order valence-corrected chi connectivity index (χ4v) is 1.38. The van der Waals surface area contributed by atoms with E-state index in [1.165, 1.54) is 18.2 Å². The van der Waals surface area contributed by atoms with E-state index in [0.29, 0.717) is 0 Å². The van der Waals surface area contributed by atoms with Crippen LogP contribution in [0.2, 0.25) is 0 Å². The van der Waals surface area contributed by atoms with Gasteiger partial charge in [-0.1, -0.05) is 0 Å². The lowest BCUT2D eigenvalue weighted by Crippen LogP contribution is -2.07. The highest BCUT2D eigenvalue weighted by molar-refractivity contribution is 5.93. The molecule has 0 bridgehead atoms. The van der Waals surface area contributed by atoms with Crippen LogP contribution in [0.15, 0.2) is 18.2 Å². The van der Waals surface area contributed by atoms with E-state index in [4.69, 9.17) is 15.3 Å². The summed E-state index contributed by atoms with van der Waals surface area (Å²) in [6.07, 6.45) is -0.262. The molecule has 1 aromatic carbocycles. The number of carbonyl (C=O) groups is 3. The number of hydrogen-bond acceptors (Lipinski definition) is 3. The monoisotopic (exact) mass is 238 g/mol. The average molecular weight is 238 g/mol. The van der Waals surface area contributed by atoms with E-state index in [0.717, 1.165) is 0 Å². The van der Waals surface area contributed by atoms with Crippen LogP contribution >= 0.6 is 0 Å². The van der Waals surface area contributed by atoms with E-state index < -0.39 is 17.9 Å². The van der Waals surface area contributed by atoms with Gasteiger partial charge in [-0.2, -0.15) is 0 Å². The lowest BCUT2D eigenvalue weighted by atomic mass is 10.00. The third kappa shape index (κ3) is 3.30. The molecule has 0 saturated heterocycles. The van der Waals surface area contributed by atoms with E-state index in [-0.39, 0.29) is 29.5 Å². The van der Waals surface area contributed by atoms with Gasteiger partial charge in [0, 0.05) is 6.42 Å². The minimum absolute atomic E-state index is 0.0158. The largest absolute Gasteiger partial charge is 0.481 e. The summed E-state index contributed by atoms with van der Waals surface area (Å²) in [4.78, 5) is 32.0. The van der Waals surface area contributed by atoms with Gasteiger partial charge in [0.2, 0.25) is 0 Å². The molecule has 90 valence electrons. The predicted octanol–water partition coefficient (Wildman–Crippen LogP) is 1.10. The van der Waals surface area contributed by atoms with Crippen molar-refractivity contribution >= 4 is 17.9 Å². The van der Waals surface area contributed by atoms with Crippen LogP contribution in [0.1, 0.15) is 32.7 Å². The van der Waals surface area contributed by atoms with Gasteiger partial charge in [-0.25, -0.2) is 9.59 Å². The van der Waals surface area contributed by atoms with Crippen LogP contribution in [-0.4, -0.2) is 33.2 Å². The van der Waals surface area contributed by atoms with Crippen molar-refractivity contribution < 1.29 is 29.7 Å². The zero-order valence-corrected chi connectivity index (χ0v) is 8.71. The Labute approximate surface area is 96.1 Å². The first-order valence-electron chi connectivity index (χ1n) is 4.73. The van der Waals surface area contributed by atoms with E-state index in [2.05, 4.69) is 0 Å². The van der Waals surface area contributed by atoms with Gasteiger partial charge in [0.15, 0.2) is 0 Å². The van der Waals surface area contributed by atoms with Crippen molar-refractivity contribution in [2.24, 2.45) is 0 Å². The lowest BCUT2D eigenvalue weighted by molar-refractivity contribution is -0.136. The zero-order valence-electron chi connectivity index (χ0n) is 8.71. The predicted molar refractivity (Wildman–Crippen MR) is 56.3 cm³/mol. The summed E-state index contributed by atoms with van der Waals surface area (Å²) >= 11 is 0. The van der Waals surface area contributed by atoms with Gasteiger partial charge < -0.3 is 15.3 Å². The van der Waals surface area contributed by atoms with Crippen LogP contribution in [0, 0.1) is 0 Å². The first-order valence-corrected chi connectivity index (χ1v) is 4.73. The standard InChI is InChI=1S/C11H10O6/c12-9(13)4-2-6-5-7(10(14)15)1-3-8(6)11(16)17/h1,3,5H,2,4H2,(H,12,13)(H,14,15)(H,16,17). The Morgan fingerprint density at radius 1 is 1.00 bits per heavy atom. The van der Waals surface area contributed by atoms with Crippen molar-refractivity contribution in [2.45, 2.75) is 12.8 Å². The molecule has 0 unspecified atom stereocenters. The molecule has 0 aliphatic carbocycles. The number of aliphatic carboxylic acids is 1. The van der Waals surface area contributed by atoms with Crippen molar-refractivity contribution in [3.05, 3.63) is 34.9 Å². The van der Waals surface area contributed by atoms with Crippen LogP contribution in [0.4, 0.5) is 0 Å². The minimum Gasteiger partial charge on any atom is -0.481 e. The minimum atomic E-state index is -1.21. The normalized spacial score (nSPS) is 9.88. The van der Waals surface area contributed by atoms with Gasteiger partial charge in [-0.15, -0.1) is 0 Å². The van der Waals surface area contributed by atoms with Gasteiger partial charge in [-0.05, 0) is 30.2 Å². The number of benzene rings is 1. The average Bonchev–Trinajstić information content (AvgIpc) is 2.25. The summed E-state index contributed by atoms with van der Waals surface area (Å²) in [5.41, 5.74) is 0.0754. The first kappa shape index (κ1) is 12.7. The van der Waals surface area contributed by atoms with Gasteiger partial charge in [0.25, 0.3) is 0 Å². The Kier molecular flexibility index (Phi) is 3.82. The van der Waals surface area contributed by atoms with E-state index in [9.17, 15) is 14.4 Å². The number of carboxylic acid groups (broad SMARTS) is 3. The Bertz CT molecular complexity index is 477. The molecule has 0 aliphatic rings. The molecule has 3 N–H and O–H groups in total. The Balaban J connectivity index is 3.11. The molecule has 0 saturated carbocycles. The first-order chi connectivity index (χ1) is 7.91. The number of carboxylic acids is 3. The smallest absolute Gasteiger partial charge is 0.335 e. The molecule has 0 radical (unpaired) electrons. The lowest BCUT2D eigenvalue weighted by Gasteiger charge is -2.05. The van der Waals surface area contributed by atoms with Crippen LogP contribution < -0.4 is 0 Å². The topological polar surface area (TPSA) is 112 Å². The van der Waals surface area contributed by atoms with Crippen molar-refractivity contribution in [3.63, 3.8) is 0 Å². The molecule has 0 aliphatic heterocycles. The van der Waals surface area contributed by atoms with Crippen LogP contribution in [-0.2, 0) is 11.2 Å². The number of rotatable bonds is 5. The van der Waals surface area contributed by atoms with Gasteiger partial charge >= 0.3 is 17.9 Å². The van der Waals surface area contributed by atoms with Crippen LogP contribution in [0.25, 0.3) is 0 Å². The molecule has 0 amide bonds. The molecular formula is C11H10O6. The van der Waals surface area contributed by atoms with Gasteiger partial charge in [0.1, 0.15) is 0 Å². The van der Waals surface area contributed by atoms with Crippen molar-refractivity contribution in [1.29, 1.82) is 0 Å². The molecule has 6 heteroatoms. The third-order valence-corrected chi connectivity index (χ3v) is 2.19. The summed E-state index contributed by atoms with van der Waals surface area (Å²) < 4.78 is 0. The molecule has 0 aromatic heterocycles. The highest BCUT2D eigenvalue weighted by Gasteiger charge is 2.14. The zero-order chi connectivity index (χ0) is 13.0. The maximum Gasteiger partial charge on any atom is 0.335 e. The highest BCUT2D eigenvalue weighted by atomic mass is 16.4. The Morgan fingerprint density at radius 3 is 2.12 bits per heavy atom. The molecule has 1 rings (SSSR count). The number of aromatic carboxylic acids is 2. The second kappa shape index (κ2) is 5.11. The Morgan fingerprint density at radius 2 is 1.65 bits per heavy atom. The summed E-state index contributed by atoms with van der Waals surface area (Å²) in [7, 11) is 0. The highest BCUT2D eigenvalue weighted by Crippen LogP contribution is 2.14. The molecule has 17 heavy (non-hydrogen) atoms.